The minimum Gasteiger partial charge on any atom is -0.381 e. The van der Waals surface area contributed by atoms with Crippen molar-refractivity contribution < 1.29 is 4.74 Å². The zero-order chi connectivity index (χ0) is 12.8. The Morgan fingerprint density at radius 2 is 2.00 bits per heavy atom. The average molecular weight is 254 g/mol. The fraction of sp³-hybridized carbons (Fsp3) is 1.00. The maximum atomic E-state index is 5.46. The molecule has 0 aromatic carbocycles. The molecule has 3 heteroatoms. The number of hydrogen-bond donors (Lipinski definition) is 2. The van der Waals surface area contributed by atoms with Gasteiger partial charge in [-0.05, 0) is 56.5 Å². The second-order valence-electron chi connectivity index (χ2n) is 6.63. The molecule has 2 aliphatic rings. The van der Waals surface area contributed by atoms with Gasteiger partial charge in [-0.3, -0.25) is 0 Å². The number of hydrogen-bond acceptors (Lipinski definition) is 3. The van der Waals surface area contributed by atoms with Crippen LogP contribution in [0.1, 0.15) is 46.0 Å². The molecule has 2 heterocycles. The van der Waals surface area contributed by atoms with Crippen LogP contribution in [0.2, 0.25) is 0 Å². The Labute approximate surface area is 112 Å². The van der Waals surface area contributed by atoms with Gasteiger partial charge in [0.25, 0.3) is 0 Å². The van der Waals surface area contributed by atoms with E-state index in [0.717, 1.165) is 38.3 Å². The molecule has 0 saturated carbocycles. The Morgan fingerprint density at radius 1 is 1.22 bits per heavy atom. The van der Waals surface area contributed by atoms with Crippen LogP contribution in [-0.2, 0) is 4.74 Å². The molecule has 2 saturated heterocycles. The molecule has 0 aromatic rings. The third-order valence-corrected chi connectivity index (χ3v) is 4.74. The molecule has 1 atom stereocenters. The van der Waals surface area contributed by atoms with Crippen LogP contribution in [0.5, 0.6) is 0 Å². The van der Waals surface area contributed by atoms with Crippen LogP contribution in [0, 0.1) is 11.3 Å². The van der Waals surface area contributed by atoms with E-state index in [2.05, 4.69) is 24.5 Å². The van der Waals surface area contributed by atoms with Gasteiger partial charge in [0, 0.05) is 25.8 Å². The molecule has 106 valence electrons. The smallest absolute Gasteiger partial charge is 0.0468 e. The molecular formula is C15H30N2O. The van der Waals surface area contributed by atoms with Crippen LogP contribution >= 0.6 is 0 Å². The second-order valence-corrected chi connectivity index (χ2v) is 6.63. The highest BCUT2D eigenvalue weighted by atomic mass is 16.5. The van der Waals surface area contributed by atoms with Gasteiger partial charge in [-0.1, -0.05) is 13.8 Å². The van der Waals surface area contributed by atoms with Gasteiger partial charge in [0.15, 0.2) is 0 Å². The van der Waals surface area contributed by atoms with Crippen LogP contribution in [-0.4, -0.2) is 38.9 Å². The number of nitrogens with one attached hydrogen (secondary N) is 2. The first-order chi connectivity index (χ1) is 8.68. The van der Waals surface area contributed by atoms with E-state index in [9.17, 15) is 0 Å². The van der Waals surface area contributed by atoms with Gasteiger partial charge < -0.3 is 15.4 Å². The van der Waals surface area contributed by atoms with Crippen LogP contribution < -0.4 is 10.6 Å². The Hall–Kier alpha value is -0.120. The van der Waals surface area contributed by atoms with Gasteiger partial charge in [-0.2, -0.15) is 0 Å². The number of rotatable bonds is 6. The van der Waals surface area contributed by atoms with Crippen molar-refractivity contribution in [3.05, 3.63) is 0 Å². The van der Waals surface area contributed by atoms with Crippen molar-refractivity contribution in [3.63, 3.8) is 0 Å². The molecule has 0 aromatic heterocycles. The largest absolute Gasteiger partial charge is 0.381 e. The Kier molecular flexibility index (Phi) is 5.46. The summed E-state index contributed by atoms with van der Waals surface area (Å²) in [5, 5.41) is 7.23. The van der Waals surface area contributed by atoms with Crippen molar-refractivity contribution >= 4 is 0 Å². The van der Waals surface area contributed by atoms with E-state index < -0.39 is 0 Å². The highest BCUT2D eigenvalue weighted by Crippen LogP contribution is 2.33. The molecular weight excluding hydrogens is 224 g/mol. The van der Waals surface area contributed by atoms with Crippen molar-refractivity contribution in [2.24, 2.45) is 11.3 Å². The zero-order valence-corrected chi connectivity index (χ0v) is 12.1. The third kappa shape index (κ3) is 4.22. The summed E-state index contributed by atoms with van der Waals surface area (Å²) in [5.41, 5.74) is 0.410. The van der Waals surface area contributed by atoms with Gasteiger partial charge in [0.2, 0.25) is 0 Å². The van der Waals surface area contributed by atoms with E-state index in [-0.39, 0.29) is 0 Å². The van der Waals surface area contributed by atoms with E-state index >= 15 is 0 Å². The third-order valence-electron chi connectivity index (χ3n) is 4.74. The van der Waals surface area contributed by atoms with E-state index in [4.69, 9.17) is 4.74 Å². The van der Waals surface area contributed by atoms with Gasteiger partial charge in [0.1, 0.15) is 0 Å². The van der Waals surface area contributed by atoms with Crippen LogP contribution in [0.4, 0.5) is 0 Å². The van der Waals surface area contributed by atoms with Gasteiger partial charge in [-0.15, -0.1) is 0 Å². The SMILES string of the molecule is CC(C)(CNCCC1CCCN1)C1CCOCC1. The summed E-state index contributed by atoms with van der Waals surface area (Å²) >= 11 is 0. The predicted octanol–water partition coefficient (Wildman–Crippen LogP) is 2.17. The van der Waals surface area contributed by atoms with Gasteiger partial charge in [0.05, 0.1) is 0 Å². The molecule has 2 fully saturated rings. The van der Waals surface area contributed by atoms with E-state index in [0.29, 0.717) is 5.41 Å². The first kappa shape index (κ1) is 14.3. The molecule has 2 aliphatic heterocycles. The Balaban J connectivity index is 1.61. The average Bonchev–Trinajstić information content (AvgIpc) is 2.89. The fourth-order valence-electron chi connectivity index (χ4n) is 3.31. The lowest BCUT2D eigenvalue weighted by atomic mass is 9.74. The molecule has 2 N–H and O–H groups in total. The molecule has 0 radical (unpaired) electrons. The van der Waals surface area contributed by atoms with Gasteiger partial charge in [-0.25, -0.2) is 0 Å². The standard InChI is InChI=1S/C15H30N2O/c1-15(2,13-6-10-18-11-7-13)12-16-9-5-14-4-3-8-17-14/h13-14,16-17H,3-12H2,1-2H3. The summed E-state index contributed by atoms with van der Waals surface area (Å²) in [6, 6.07) is 0.767. The maximum absolute atomic E-state index is 5.46. The summed E-state index contributed by atoms with van der Waals surface area (Å²) < 4.78 is 5.46. The highest BCUT2D eigenvalue weighted by molar-refractivity contribution is 4.83. The van der Waals surface area contributed by atoms with Crippen molar-refractivity contribution in [3.8, 4) is 0 Å². The monoisotopic (exact) mass is 254 g/mol. The van der Waals surface area contributed by atoms with Crippen LogP contribution in [0.3, 0.4) is 0 Å². The molecule has 0 bridgehead atoms. The van der Waals surface area contributed by atoms with Crippen molar-refractivity contribution in [1.82, 2.24) is 10.6 Å². The lowest BCUT2D eigenvalue weighted by molar-refractivity contribution is 0.0228. The molecule has 0 aliphatic carbocycles. The Bertz CT molecular complexity index is 231. The molecule has 1 unspecified atom stereocenters. The summed E-state index contributed by atoms with van der Waals surface area (Å²) in [5.74, 6) is 0.823. The summed E-state index contributed by atoms with van der Waals surface area (Å²) in [4.78, 5) is 0. The minimum atomic E-state index is 0.410. The summed E-state index contributed by atoms with van der Waals surface area (Å²) in [7, 11) is 0. The first-order valence-electron chi connectivity index (χ1n) is 7.70. The molecule has 0 spiro atoms. The lowest BCUT2D eigenvalue weighted by Crippen LogP contribution is -2.39. The van der Waals surface area contributed by atoms with Crippen molar-refractivity contribution in [2.75, 3.05) is 32.8 Å². The summed E-state index contributed by atoms with van der Waals surface area (Å²) in [6.07, 6.45) is 6.48. The maximum Gasteiger partial charge on any atom is 0.0468 e. The van der Waals surface area contributed by atoms with E-state index in [1.807, 2.05) is 0 Å². The van der Waals surface area contributed by atoms with Crippen molar-refractivity contribution in [1.29, 1.82) is 0 Å². The second kappa shape index (κ2) is 6.88. The van der Waals surface area contributed by atoms with Crippen LogP contribution in [0.15, 0.2) is 0 Å². The molecule has 2 rings (SSSR count). The quantitative estimate of drug-likeness (QED) is 0.713. The normalized spacial score (nSPS) is 26.7. The van der Waals surface area contributed by atoms with Crippen LogP contribution in [0.25, 0.3) is 0 Å². The molecule has 18 heavy (non-hydrogen) atoms. The topological polar surface area (TPSA) is 33.3 Å². The van der Waals surface area contributed by atoms with E-state index in [1.165, 1.54) is 38.6 Å². The molecule has 0 amide bonds. The highest BCUT2D eigenvalue weighted by Gasteiger charge is 2.30. The predicted molar refractivity (Wildman–Crippen MR) is 75.8 cm³/mol. The first-order valence-corrected chi connectivity index (χ1v) is 7.70. The summed E-state index contributed by atoms with van der Waals surface area (Å²) in [6.45, 7) is 10.3. The van der Waals surface area contributed by atoms with Crippen molar-refractivity contribution in [2.45, 2.75) is 52.0 Å². The number of ether oxygens (including phenoxy) is 1. The molecule has 3 nitrogen and oxygen atoms in total. The lowest BCUT2D eigenvalue weighted by Gasteiger charge is -2.37. The van der Waals surface area contributed by atoms with Gasteiger partial charge >= 0.3 is 0 Å². The fourth-order valence-corrected chi connectivity index (χ4v) is 3.31. The minimum absolute atomic E-state index is 0.410. The Morgan fingerprint density at radius 3 is 2.67 bits per heavy atom. The zero-order valence-electron chi connectivity index (χ0n) is 12.1. The van der Waals surface area contributed by atoms with E-state index in [1.54, 1.807) is 0 Å².